The molecular weight excluding hydrogens is 228 g/mol. The minimum absolute atomic E-state index is 0.214. The fourth-order valence-electron chi connectivity index (χ4n) is 2.00. The highest BCUT2D eigenvalue weighted by Crippen LogP contribution is 2.28. The van der Waals surface area contributed by atoms with Gasteiger partial charge in [-0.1, -0.05) is 0 Å². The van der Waals surface area contributed by atoms with Gasteiger partial charge in [-0.25, -0.2) is 0 Å². The monoisotopic (exact) mass is 250 g/mol. The Hall–Kier alpha value is -1.36. The maximum atomic E-state index is 11.4. The lowest BCUT2D eigenvalue weighted by Gasteiger charge is -2.07. The first kappa shape index (κ1) is 13.1. The third-order valence-corrected chi connectivity index (χ3v) is 3.14. The fraction of sp³-hybridized carbons (Fsp3) is 0.692. The van der Waals surface area contributed by atoms with Gasteiger partial charge in [0.05, 0.1) is 11.4 Å². The van der Waals surface area contributed by atoms with Crippen molar-refractivity contribution in [2.75, 3.05) is 13.1 Å². The topological polar surface area (TPSA) is 59.0 Å². The fourth-order valence-corrected chi connectivity index (χ4v) is 2.00. The Morgan fingerprint density at radius 3 is 2.94 bits per heavy atom. The molecule has 5 nitrogen and oxygen atoms in total. The van der Waals surface area contributed by atoms with E-state index in [0.29, 0.717) is 12.5 Å². The minimum atomic E-state index is 0.214. The Morgan fingerprint density at radius 2 is 2.28 bits per heavy atom. The normalized spacial score (nSPS) is 14.8. The van der Waals surface area contributed by atoms with Crippen molar-refractivity contribution in [3.63, 3.8) is 0 Å². The quantitative estimate of drug-likeness (QED) is 0.705. The molecule has 1 fully saturated rings. The molecule has 0 spiro atoms. The van der Waals surface area contributed by atoms with Gasteiger partial charge >= 0.3 is 0 Å². The van der Waals surface area contributed by atoms with Crippen LogP contribution in [-0.2, 0) is 17.9 Å². The highest BCUT2D eigenvalue weighted by Gasteiger charge is 2.28. The zero-order valence-corrected chi connectivity index (χ0v) is 11.2. The van der Waals surface area contributed by atoms with Crippen LogP contribution < -0.4 is 10.6 Å². The standard InChI is InChI=1S/C13H22N4O/c1-3-17-12(8-10(2)16-17)9-14-6-7-15-13(18)11-4-5-11/h8,11,14H,3-7,9H2,1-2H3,(H,15,18). The Morgan fingerprint density at radius 1 is 1.50 bits per heavy atom. The third-order valence-electron chi connectivity index (χ3n) is 3.14. The lowest BCUT2D eigenvalue weighted by molar-refractivity contribution is -0.122. The van der Waals surface area contributed by atoms with Crippen LogP contribution in [-0.4, -0.2) is 28.8 Å². The molecule has 18 heavy (non-hydrogen) atoms. The van der Waals surface area contributed by atoms with Gasteiger partial charge in [-0.2, -0.15) is 5.10 Å². The van der Waals surface area contributed by atoms with E-state index in [-0.39, 0.29) is 5.91 Å². The summed E-state index contributed by atoms with van der Waals surface area (Å²) in [6.07, 6.45) is 2.13. The number of hydrogen-bond acceptors (Lipinski definition) is 3. The molecule has 2 N–H and O–H groups in total. The van der Waals surface area contributed by atoms with E-state index in [1.54, 1.807) is 0 Å². The minimum Gasteiger partial charge on any atom is -0.355 e. The average molecular weight is 250 g/mol. The van der Waals surface area contributed by atoms with Gasteiger partial charge < -0.3 is 10.6 Å². The van der Waals surface area contributed by atoms with Crippen LogP contribution in [0.4, 0.5) is 0 Å². The molecule has 1 heterocycles. The molecule has 1 aliphatic rings. The smallest absolute Gasteiger partial charge is 0.223 e. The summed E-state index contributed by atoms with van der Waals surface area (Å²) in [5.41, 5.74) is 2.25. The Balaban J connectivity index is 1.63. The summed E-state index contributed by atoms with van der Waals surface area (Å²) in [6, 6.07) is 2.10. The number of aromatic nitrogens is 2. The number of nitrogens with one attached hydrogen (secondary N) is 2. The Labute approximate surface area is 108 Å². The molecule has 1 aliphatic carbocycles. The predicted octanol–water partition coefficient (Wildman–Crippen LogP) is 0.827. The summed E-state index contributed by atoms with van der Waals surface area (Å²) in [6.45, 7) is 7.29. The van der Waals surface area contributed by atoms with Crippen LogP contribution in [0.2, 0.25) is 0 Å². The summed E-state index contributed by atoms with van der Waals surface area (Å²) in [7, 11) is 0. The van der Waals surface area contributed by atoms with Crippen molar-refractivity contribution in [2.45, 2.75) is 39.8 Å². The number of hydrogen-bond donors (Lipinski definition) is 2. The number of carbonyl (C=O) groups excluding carboxylic acids is 1. The second kappa shape index (κ2) is 6.00. The summed E-state index contributed by atoms with van der Waals surface area (Å²) in [4.78, 5) is 11.4. The van der Waals surface area contributed by atoms with Crippen LogP contribution in [0.3, 0.4) is 0 Å². The van der Waals surface area contributed by atoms with E-state index in [2.05, 4.69) is 28.7 Å². The lowest BCUT2D eigenvalue weighted by Crippen LogP contribution is -2.32. The molecule has 0 unspecified atom stereocenters. The van der Waals surface area contributed by atoms with Gasteiger partial charge in [-0.05, 0) is 32.8 Å². The maximum absolute atomic E-state index is 11.4. The van der Waals surface area contributed by atoms with E-state index in [9.17, 15) is 4.79 Å². The van der Waals surface area contributed by atoms with E-state index in [1.165, 1.54) is 5.69 Å². The Kier molecular flexibility index (Phi) is 4.36. The van der Waals surface area contributed by atoms with Crippen molar-refractivity contribution in [2.24, 2.45) is 5.92 Å². The molecule has 1 saturated carbocycles. The van der Waals surface area contributed by atoms with Gasteiger partial charge in [-0.15, -0.1) is 0 Å². The van der Waals surface area contributed by atoms with Crippen molar-refractivity contribution in [3.8, 4) is 0 Å². The predicted molar refractivity (Wildman–Crippen MR) is 70.1 cm³/mol. The number of aryl methyl sites for hydroxylation is 2. The number of amides is 1. The maximum Gasteiger partial charge on any atom is 0.223 e. The highest BCUT2D eigenvalue weighted by molar-refractivity contribution is 5.80. The molecule has 1 amide bonds. The summed E-state index contributed by atoms with van der Waals surface area (Å²) < 4.78 is 2.01. The van der Waals surface area contributed by atoms with Gasteiger partial charge in [-0.3, -0.25) is 9.48 Å². The SMILES string of the molecule is CCn1nc(C)cc1CNCCNC(=O)C1CC1. The summed E-state index contributed by atoms with van der Waals surface area (Å²) in [5, 5.41) is 10.7. The molecule has 1 aromatic heterocycles. The van der Waals surface area contributed by atoms with Gasteiger partial charge in [0.15, 0.2) is 0 Å². The first-order valence-electron chi connectivity index (χ1n) is 6.72. The van der Waals surface area contributed by atoms with Gasteiger partial charge in [0.25, 0.3) is 0 Å². The largest absolute Gasteiger partial charge is 0.355 e. The number of rotatable bonds is 7. The van der Waals surface area contributed by atoms with Gasteiger partial charge in [0.1, 0.15) is 0 Å². The average Bonchev–Trinajstić information content (AvgIpc) is 3.13. The van der Waals surface area contributed by atoms with Crippen molar-refractivity contribution in [3.05, 3.63) is 17.5 Å². The molecule has 0 aliphatic heterocycles. The van der Waals surface area contributed by atoms with Crippen LogP contribution >= 0.6 is 0 Å². The van der Waals surface area contributed by atoms with Crippen LogP contribution in [0.1, 0.15) is 31.2 Å². The molecule has 0 radical (unpaired) electrons. The van der Waals surface area contributed by atoms with E-state index >= 15 is 0 Å². The number of nitrogens with zero attached hydrogens (tertiary/aromatic N) is 2. The van der Waals surface area contributed by atoms with Crippen LogP contribution in [0.15, 0.2) is 6.07 Å². The molecule has 100 valence electrons. The van der Waals surface area contributed by atoms with Crippen molar-refractivity contribution >= 4 is 5.91 Å². The number of carbonyl (C=O) groups is 1. The third kappa shape index (κ3) is 3.57. The summed E-state index contributed by atoms with van der Waals surface area (Å²) in [5.74, 6) is 0.514. The highest BCUT2D eigenvalue weighted by atomic mass is 16.2. The molecule has 0 aromatic carbocycles. The molecule has 0 atom stereocenters. The Bertz CT molecular complexity index is 409. The molecule has 0 saturated heterocycles. The van der Waals surface area contributed by atoms with Gasteiger partial charge in [0.2, 0.25) is 5.91 Å². The van der Waals surface area contributed by atoms with Crippen molar-refractivity contribution < 1.29 is 4.79 Å². The summed E-state index contributed by atoms with van der Waals surface area (Å²) >= 11 is 0. The molecule has 0 bridgehead atoms. The second-order valence-electron chi connectivity index (χ2n) is 4.83. The van der Waals surface area contributed by atoms with Gasteiger partial charge in [0, 0.05) is 32.1 Å². The van der Waals surface area contributed by atoms with Crippen LogP contribution in [0, 0.1) is 12.8 Å². The van der Waals surface area contributed by atoms with Crippen LogP contribution in [0.5, 0.6) is 0 Å². The molecule has 1 aromatic rings. The molecule has 2 rings (SSSR count). The zero-order valence-electron chi connectivity index (χ0n) is 11.2. The van der Waals surface area contributed by atoms with E-state index in [0.717, 1.165) is 38.2 Å². The molecule has 5 heteroatoms. The van der Waals surface area contributed by atoms with E-state index < -0.39 is 0 Å². The van der Waals surface area contributed by atoms with E-state index in [1.807, 2.05) is 11.6 Å². The van der Waals surface area contributed by atoms with Crippen molar-refractivity contribution in [1.82, 2.24) is 20.4 Å². The lowest BCUT2D eigenvalue weighted by atomic mass is 10.3. The second-order valence-corrected chi connectivity index (χ2v) is 4.83. The molecular formula is C13H22N4O. The van der Waals surface area contributed by atoms with E-state index in [4.69, 9.17) is 0 Å². The van der Waals surface area contributed by atoms with Crippen LogP contribution in [0.25, 0.3) is 0 Å². The first-order chi connectivity index (χ1) is 8.70. The first-order valence-corrected chi connectivity index (χ1v) is 6.72. The van der Waals surface area contributed by atoms with Crippen molar-refractivity contribution in [1.29, 1.82) is 0 Å². The zero-order chi connectivity index (χ0) is 13.0.